The maximum Gasteiger partial charge on any atom is 0.331 e. The zero-order valence-electron chi connectivity index (χ0n) is 13.2. The number of nitrogens with one attached hydrogen (secondary N) is 1. The Bertz CT molecular complexity index is 463. The molecule has 1 saturated carbocycles. The molecular weight excluding hydrogens is 272 g/mol. The summed E-state index contributed by atoms with van der Waals surface area (Å²) in [5, 5.41) is 2.79. The number of carbonyl (C=O) groups is 3. The number of hydrogen-bond donors (Lipinski definition) is 1. The van der Waals surface area contributed by atoms with Crippen LogP contribution in [0, 0.1) is 5.41 Å². The van der Waals surface area contributed by atoms with Gasteiger partial charge >= 0.3 is 5.97 Å². The molecule has 118 valence electrons. The molecule has 2 amide bonds. The second kappa shape index (κ2) is 5.31. The molecule has 1 N–H and O–H groups in total. The summed E-state index contributed by atoms with van der Waals surface area (Å²) in [6.45, 7) is 6.14. The summed E-state index contributed by atoms with van der Waals surface area (Å²) in [5.74, 6) is -0.668. The summed E-state index contributed by atoms with van der Waals surface area (Å²) in [5.41, 5.74) is -1.37. The summed E-state index contributed by atoms with van der Waals surface area (Å²) >= 11 is 0. The summed E-state index contributed by atoms with van der Waals surface area (Å²) in [6.07, 6.45) is 2.66. The van der Waals surface area contributed by atoms with Crippen molar-refractivity contribution in [2.75, 3.05) is 13.7 Å². The Morgan fingerprint density at radius 3 is 2.33 bits per heavy atom. The number of esters is 1. The highest BCUT2D eigenvalue weighted by Gasteiger charge is 2.54. The maximum atomic E-state index is 12.5. The minimum Gasteiger partial charge on any atom is -0.467 e. The van der Waals surface area contributed by atoms with Crippen molar-refractivity contribution in [1.29, 1.82) is 0 Å². The predicted molar refractivity (Wildman–Crippen MR) is 76.3 cm³/mol. The molecule has 0 radical (unpaired) electrons. The third kappa shape index (κ3) is 3.04. The van der Waals surface area contributed by atoms with Crippen molar-refractivity contribution in [1.82, 2.24) is 10.2 Å². The Hall–Kier alpha value is -1.59. The van der Waals surface area contributed by atoms with Crippen molar-refractivity contribution in [2.45, 2.75) is 58.0 Å². The highest BCUT2D eigenvalue weighted by atomic mass is 16.5. The molecule has 2 aliphatic rings. The van der Waals surface area contributed by atoms with Gasteiger partial charge in [-0.25, -0.2) is 4.79 Å². The van der Waals surface area contributed by atoms with Crippen molar-refractivity contribution in [3.05, 3.63) is 0 Å². The molecule has 0 spiro atoms. The van der Waals surface area contributed by atoms with E-state index < -0.39 is 23.0 Å². The standard InChI is InChI=1S/C15H24N2O4/c1-14(2,3)12(19)17-9-5-6-10(17)11(18)16-15(7-8-15)13(20)21-4/h10H,5-9H2,1-4H3,(H,16,18)/t10-/m0/s1. The van der Waals surface area contributed by atoms with Crippen LogP contribution >= 0.6 is 0 Å². The van der Waals surface area contributed by atoms with Gasteiger partial charge in [-0.3, -0.25) is 9.59 Å². The fourth-order valence-corrected chi connectivity index (χ4v) is 2.73. The van der Waals surface area contributed by atoms with Crippen LogP contribution in [0.4, 0.5) is 0 Å². The van der Waals surface area contributed by atoms with E-state index in [4.69, 9.17) is 4.74 Å². The van der Waals surface area contributed by atoms with Gasteiger partial charge in [0.25, 0.3) is 0 Å². The van der Waals surface area contributed by atoms with Crippen molar-refractivity contribution < 1.29 is 19.1 Å². The van der Waals surface area contributed by atoms with Crippen LogP contribution in [0.5, 0.6) is 0 Å². The van der Waals surface area contributed by atoms with Crippen LogP contribution in [0.25, 0.3) is 0 Å². The molecule has 1 heterocycles. The molecule has 1 aliphatic heterocycles. The van der Waals surface area contributed by atoms with E-state index in [1.807, 2.05) is 20.8 Å². The summed E-state index contributed by atoms with van der Waals surface area (Å²) in [6, 6.07) is -0.473. The zero-order valence-corrected chi connectivity index (χ0v) is 13.2. The summed E-state index contributed by atoms with van der Waals surface area (Å²) in [4.78, 5) is 38.2. The summed E-state index contributed by atoms with van der Waals surface area (Å²) in [7, 11) is 1.32. The van der Waals surface area contributed by atoms with Crippen molar-refractivity contribution >= 4 is 17.8 Å². The Morgan fingerprint density at radius 2 is 1.86 bits per heavy atom. The van der Waals surface area contributed by atoms with Crippen LogP contribution < -0.4 is 5.32 Å². The quantitative estimate of drug-likeness (QED) is 0.783. The van der Waals surface area contributed by atoms with E-state index in [1.54, 1.807) is 4.90 Å². The Labute approximate surface area is 125 Å². The molecule has 0 aromatic heterocycles. The van der Waals surface area contributed by atoms with Gasteiger partial charge in [0, 0.05) is 12.0 Å². The molecule has 2 fully saturated rings. The van der Waals surface area contributed by atoms with Gasteiger partial charge in [0.15, 0.2) is 0 Å². The molecule has 2 rings (SSSR count). The molecule has 21 heavy (non-hydrogen) atoms. The number of carbonyl (C=O) groups excluding carboxylic acids is 3. The van der Waals surface area contributed by atoms with Crippen LogP contribution in [-0.2, 0) is 19.1 Å². The van der Waals surface area contributed by atoms with Crippen molar-refractivity contribution in [3.8, 4) is 0 Å². The largest absolute Gasteiger partial charge is 0.467 e. The number of amides is 2. The smallest absolute Gasteiger partial charge is 0.331 e. The predicted octanol–water partition coefficient (Wildman–Crippen LogP) is 0.845. The molecule has 0 bridgehead atoms. The van der Waals surface area contributed by atoms with Gasteiger partial charge in [0.05, 0.1) is 7.11 Å². The van der Waals surface area contributed by atoms with Gasteiger partial charge in [-0.1, -0.05) is 20.8 Å². The van der Waals surface area contributed by atoms with Crippen LogP contribution in [0.1, 0.15) is 46.5 Å². The molecular formula is C15H24N2O4. The van der Waals surface area contributed by atoms with E-state index in [0.29, 0.717) is 25.8 Å². The van der Waals surface area contributed by atoms with Gasteiger partial charge in [-0.2, -0.15) is 0 Å². The first-order valence-corrected chi connectivity index (χ1v) is 7.43. The molecule has 0 unspecified atom stereocenters. The normalized spacial score (nSPS) is 23.6. The van der Waals surface area contributed by atoms with Gasteiger partial charge in [-0.05, 0) is 25.7 Å². The summed E-state index contributed by atoms with van der Waals surface area (Å²) < 4.78 is 4.74. The number of nitrogens with zero attached hydrogens (tertiary/aromatic N) is 1. The second-order valence-electron chi connectivity index (χ2n) is 6.97. The van der Waals surface area contributed by atoms with Crippen molar-refractivity contribution in [3.63, 3.8) is 0 Å². The van der Waals surface area contributed by atoms with E-state index in [0.717, 1.165) is 6.42 Å². The van der Waals surface area contributed by atoms with Gasteiger partial charge in [-0.15, -0.1) is 0 Å². The minimum absolute atomic E-state index is 0.0249. The fourth-order valence-electron chi connectivity index (χ4n) is 2.73. The first-order chi connectivity index (χ1) is 9.71. The number of hydrogen-bond acceptors (Lipinski definition) is 4. The highest BCUT2D eigenvalue weighted by Crippen LogP contribution is 2.37. The average molecular weight is 296 g/mol. The van der Waals surface area contributed by atoms with E-state index in [-0.39, 0.29) is 11.8 Å². The molecule has 6 heteroatoms. The van der Waals surface area contributed by atoms with E-state index >= 15 is 0 Å². The van der Waals surface area contributed by atoms with E-state index in [9.17, 15) is 14.4 Å². The topological polar surface area (TPSA) is 75.7 Å². The van der Waals surface area contributed by atoms with E-state index in [1.165, 1.54) is 7.11 Å². The van der Waals surface area contributed by atoms with Crippen LogP contribution in [0.2, 0.25) is 0 Å². The number of likely N-dealkylation sites (tertiary alicyclic amines) is 1. The molecule has 0 aromatic rings. The van der Waals surface area contributed by atoms with Crippen LogP contribution in [-0.4, -0.2) is 47.9 Å². The molecule has 1 saturated heterocycles. The first kappa shape index (κ1) is 15.8. The molecule has 0 aromatic carbocycles. The lowest BCUT2D eigenvalue weighted by Crippen LogP contribution is -2.53. The third-order valence-corrected chi connectivity index (χ3v) is 4.15. The van der Waals surface area contributed by atoms with Crippen molar-refractivity contribution in [2.24, 2.45) is 5.41 Å². The SMILES string of the molecule is COC(=O)C1(NC(=O)[C@@H]2CCCN2C(=O)C(C)(C)C)CC1. The van der Waals surface area contributed by atoms with Gasteiger partial charge < -0.3 is 15.0 Å². The first-order valence-electron chi connectivity index (χ1n) is 7.43. The van der Waals surface area contributed by atoms with Crippen LogP contribution in [0.3, 0.4) is 0 Å². The number of ether oxygens (including phenoxy) is 1. The Kier molecular flexibility index (Phi) is 4.00. The zero-order chi connectivity index (χ0) is 15.8. The Balaban J connectivity index is 2.05. The van der Waals surface area contributed by atoms with Gasteiger partial charge in [0.2, 0.25) is 11.8 Å². The molecule has 1 aliphatic carbocycles. The van der Waals surface area contributed by atoms with E-state index in [2.05, 4.69) is 5.32 Å². The second-order valence-corrected chi connectivity index (χ2v) is 6.97. The molecule has 1 atom stereocenters. The lowest BCUT2D eigenvalue weighted by molar-refractivity contribution is -0.148. The fraction of sp³-hybridized carbons (Fsp3) is 0.800. The number of methoxy groups -OCH3 is 1. The van der Waals surface area contributed by atoms with Gasteiger partial charge in [0.1, 0.15) is 11.6 Å². The third-order valence-electron chi connectivity index (χ3n) is 4.15. The maximum absolute atomic E-state index is 12.5. The minimum atomic E-state index is -0.856. The lowest BCUT2D eigenvalue weighted by atomic mass is 9.94. The monoisotopic (exact) mass is 296 g/mol. The Morgan fingerprint density at radius 1 is 1.24 bits per heavy atom. The molecule has 6 nitrogen and oxygen atoms in total. The number of rotatable bonds is 3. The highest BCUT2D eigenvalue weighted by molar-refractivity contribution is 5.95. The van der Waals surface area contributed by atoms with Crippen LogP contribution in [0.15, 0.2) is 0 Å². The lowest BCUT2D eigenvalue weighted by Gasteiger charge is -2.31. The average Bonchev–Trinajstić information content (AvgIpc) is 3.02.